The van der Waals surface area contributed by atoms with E-state index in [1.54, 1.807) is 18.2 Å². The molecule has 0 aliphatic carbocycles. The van der Waals surface area contributed by atoms with Crippen LogP contribution < -0.4 is 0 Å². The van der Waals surface area contributed by atoms with Crippen molar-refractivity contribution in [3.63, 3.8) is 0 Å². The molecule has 1 aliphatic heterocycles. The summed E-state index contributed by atoms with van der Waals surface area (Å²) in [6.07, 6.45) is 2.09. The lowest BCUT2D eigenvalue weighted by molar-refractivity contribution is -0.0500. The molecule has 1 aromatic carbocycles. The van der Waals surface area contributed by atoms with Crippen LogP contribution in [0.25, 0.3) is 11.0 Å². The number of aromatic amines is 1. The van der Waals surface area contributed by atoms with Crippen LogP contribution in [0.5, 0.6) is 0 Å². The second-order valence-corrected chi connectivity index (χ2v) is 4.21. The van der Waals surface area contributed by atoms with Crippen LogP contribution >= 0.6 is 0 Å². The molecule has 5 nitrogen and oxygen atoms in total. The van der Waals surface area contributed by atoms with Crippen molar-refractivity contribution in [2.24, 2.45) is 0 Å². The third-order valence-corrected chi connectivity index (χ3v) is 2.99. The first-order valence-corrected chi connectivity index (χ1v) is 5.56. The highest BCUT2D eigenvalue weighted by atomic mass is 16.5. The van der Waals surface area contributed by atoms with E-state index in [-0.39, 0.29) is 11.7 Å². The number of hydrogen-bond acceptors (Lipinski definition) is 3. The van der Waals surface area contributed by atoms with E-state index in [1.165, 1.54) is 0 Å². The smallest absolute Gasteiger partial charge is 0.335 e. The number of benzene rings is 1. The number of H-pyrrole nitrogens is 1. The van der Waals surface area contributed by atoms with Crippen molar-refractivity contribution in [3.8, 4) is 0 Å². The number of carbonyl (C=O) groups is 1. The van der Waals surface area contributed by atoms with Crippen molar-refractivity contribution in [2.75, 3.05) is 6.61 Å². The average Bonchev–Trinajstić information content (AvgIpc) is 2.64. The minimum atomic E-state index is -0.926. The Hall–Kier alpha value is -1.88. The number of carboxylic acid groups (broad SMARTS) is 1. The Balaban J connectivity index is 1.91. The van der Waals surface area contributed by atoms with E-state index >= 15 is 0 Å². The van der Waals surface area contributed by atoms with Gasteiger partial charge >= 0.3 is 5.97 Å². The number of fused-ring (bicyclic) bond motifs is 1. The van der Waals surface area contributed by atoms with E-state index in [1.807, 2.05) is 0 Å². The number of nitrogens with one attached hydrogen (secondary N) is 1. The van der Waals surface area contributed by atoms with E-state index in [4.69, 9.17) is 9.84 Å². The third kappa shape index (κ3) is 1.89. The summed E-state index contributed by atoms with van der Waals surface area (Å²) in [6, 6.07) is 4.89. The summed E-state index contributed by atoms with van der Waals surface area (Å²) in [4.78, 5) is 18.4. The summed E-state index contributed by atoms with van der Waals surface area (Å²) in [5, 5.41) is 8.89. The van der Waals surface area contributed by atoms with Gasteiger partial charge in [0.1, 0.15) is 5.82 Å². The molecule has 1 unspecified atom stereocenters. The number of imidazole rings is 1. The van der Waals surface area contributed by atoms with Gasteiger partial charge < -0.3 is 14.8 Å². The summed E-state index contributed by atoms with van der Waals surface area (Å²) < 4.78 is 5.34. The van der Waals surface area contributed by atoms with Crippen LogP contribution in [0.1, 0.15) is 22.6 Å². The Kier molecular flexibility index (Phi) is 2.33. The molecule has 0 spiro atoms. The zero-order chi connectivity index (χ0) is 11.8. The molecular formula is C12H12N2O3. The van der Waals surface area contributed by atoms with Crippen LogP contribution in [0.2, 0.25) is 0 Å². The lowest BCUT2D eigenvalue weighted by atomic mass is 10.1. The molecule has 5 heteroatoms. The Bertz CT molecular complexity index is 572. The zero-order valence-corrected chi connectivity index (χ0v) is 9.14. The molecule has 3 rings (SSSR count). The number of ether oxygens (including phenoxy) is 1. The fraction of sp³-hybridized carbons (Fsp3) is 0.333. The predicted molar refractivity (Wildman–Crippen MR) is 61.1 cm³/mol. The maximum absolute atomic E-state index is 10.8. The maximum atomic E-state index is 10.8. The molecule has 0 amide bonds. The van der Waals surface area contributed by atoms with Gasteiger partial charge in [0.2, 0.25) is 0 Å². The van der Waals surface area contributed by atoms with Crippen molar-refractivity contribution in [1.82, 2.24) is 9.97 Å². The fourth-order valence-electron chi connectivity index (χ4n) is 1.95. The Morgan fingerprint density at radius 1 is 1.59 bits per heavy atom. The van der Waals surface area contributed by atoms with Crippen LogP contribution in [0.15, 0.2) is 18.2 Å². The molecule has 0 radical (unpaired) electrons. The molecule has 2 N–H and O–H groups in total. The average molecular weight is 232 g/mol. The lowest BCUT2D eigenvalue weighted by Crippen LogP contribution is -2.29. The maximum Gasteiger partial charge on any atom is 0.335 e. The summed E-state index contributed by atoms with van der Waals surface area (Å²) in [6.45, 7) is 0.827. The molecule has 1 aliphatic rings. The van der Waals surface area contributed by atoms with Gasteiger partial charge in [-0.05, 0) is 24.6 Å². The minimum absolute atomic E-state index is 0.259. The number of rotatable bonds is 3. The van der Waals surface area contributed by atoms with Gasteiger partial charge in [0.25, 0.3) is 0 Å². The van der Waals surface area contributed by atoms with E-state index in [0.29, 0.717) is 0 Å². The third-order valence-electron chi connectivity index (χ3n) is 2.99. The van der Waals surface area contributed by atoms with Gasteiger partial charge in [0, 0.05) is 13.0 Å². The van der Waals surface area contributed by atoms with Gasteiger partial charge in [-0.15, -0.1) is 0 Å². The molecule has 1 atom stereocenters. The topological polar surface area (TPSA) is 75.2 Å². The first kappa shape index (κ1) is 10.3. The van der Waals surface area contributed by atoms with Crippen molar-refractivity contribution < 1.29 is 14.6 Å². The van der Waals surface area contributed by atoms with Gasteiger partial charge in [-0.2, -0.15) is 0 Å². The number of hydrogen-bond donors (Lipinski definition) is 2. The summed E-state index contributed by atoms with van der Waals surface area (Å²) >= 11 is 0. The van der Waals surface area contributed by atoms with E-state index in [2.05, 4.69) is 9.97 Å². The van der Waals surface area contributed by atoms with Gasteiger partial charge in [-0.3, -0.25) is 0 Å². The van der Waals surface area contributed by atoms with Crippen molar-refractivity contribution in [3.05, 3.63) is 29.6 Å². The van der Waals surface area contributed by atoms with E-state index in [9.17, 15) is 4.79 Å². The SMILES string of the molecule is O=C(O)c1ccc2nc(CC3CCO3)[nH]c2c1. The van der Waals surface area contributed by atoms with Crippen molar-refractivity contribution in [1.29, 1.82) is 0 Å². The van der Waals surface area contributed by atoms with E-state index < -0.39 is 5.97 Å². The predicted octanol–water partition coefficient (Wildman–Crippen LogP) is 1.59. The van der Waals surface area contributed by atoms with Gasteiger partial charge in [-0.25, -0.2) is 9.78 Å². The largest absolute Gasteiger partial charge is 0.478 e. The quantitative estimate of drug-likeness (QED) is 0.842. The highest BCUT2D eigenvalue weighted by Crippen LogP contribution is 2.19. The van der Waals surface area contributed by atoms with Crippen molar-refractivity contribution >= 4 is 17.0 Å². The van der Waals surface area contributed by atoms with Gasteiger partial charge in [0.15, 0.2) is 0 Å². The van der Waals surface area contributed by atoms with Gasteiger partial charge in [-0.1, -0.05) is 0 Å². The van der Waals surface area contributed by atoms with Crippen LogP contribution in [-0.2, 0) is 11.2 Å². The number of aromatic nitrogens is 2. The van der Waals surface area contributed by atoms with Crippen LogP contribution in [0.4, 0.5) is 0 Å². The lowest BCUT2D eigenvalue weighted by Gasteiger charge is -2.25. The number of aromatic carboxylic acids is 1. The Labute approximate surface area is 97.4 Å². The molecule has 0 saturated carbocycles. The highest BCUT2D eigenvalue weighted by molar-refractivity contribution is 5.92. The molecular weight excluding hydrogens is 220 g/mol. The first-order chi connectivity index (χ1) is 8.22. The summed E-state index contributed by atoms with van der Waals surface area (Å²) in [5.41, 5.74) is 1.83. The molecule has 0 bridgehead atoms. The molecule has 17 heavy (non-hydrogen) atoms. The summed E-state index contributed by atoms with van der Waals surface area (Å²) in [7, 11) is 0. The van der Waals surface area contributed by atoms with Crippen LogP contribution in [-0.4, -0.2) is 33.8 Å². The molecule has 1 aromatic heterocycles. The van der Waals surface area contributed by atoms with E-state index in [0.717, 1.165) is 36.3 Å². The minimum Gasteiger partial charge on any atom is -0.478 e. The summed E-state index contributed by atoms with van der Waals surface area (Å²) in [5.74, 6) is -0.0717. The molecule has 88 valence electrons. The van der Waals surface area contributed by atoms with Gasteiger partial charge in [0.05, 0.1) is 22.7 Å². The second-order valence-electron chi connectivity index (χ2n) is 4.21. The molecule has 1 fully saturated rings. The monoisotopic (exact) mass is 232 g/mol. The molecule has 1 saturated heterocycles. The highest BCUT2D eigenvalue weighted by Gasteiger charge is 2.20. The Morgan fingerprint density at radius 2 is 2.41 bits per heavy atom. The van der Waals surface area contributed by atoms with Crippen LogP contribution in [0, 0.1) is 0 Å². The number of nitrogens with zero attached hydrogens (tertiary/aromatic N) is 1. The fourth-order valence-corrected chi connectivity index (χ4v) is 1.95. The molecule has 2 aromatic rings. The Morgan fingerprint density at radius 3 is 3.06 bits per heavy atom. The zero-order valence-electron chi connectivity index (χ0n) is 9.14. The normalized spacial score (nSPS) is 19.2. The number of carboxylic acids is 1. The molecule has 2 heterocycles. The second kappa shape index (κ2) is 3.85. The van der Waals surface area contributed by atoms with Crippen molar-refractivity contribution in [2.45, 2.75) is 18.9 Å². The standard InChI is InChI=1S/C12H12N2O3/c15-12(16)7-1-2-9-10(5-7)14-11(13-9)6-8-3-4-17-8/h1-2,5,8H,3-4,6H2,(H,13,14)(H,15,16). The first-order valence-electron chi connectivity index (χ1n) is 5.56. The van der Waals surface area contributed by atoms with Crippen LogP contribution in [0.3, 0.4) is 0 Å².